The summed E-state index contributed by atoms with van der Waals surface area (Å²) in [5, 5.41) is 6.72. The second-order valence-corrected chi connectivity index (χ2v) is 5.48. The van der Waals surface area contributed by atoms with Crippen LogP contribution in [-0.2, 0) is 0 Å². The molecule has 0 heterocycles. The van der Waals surface area contributed by atoms with Gasteiger partial charge >= 0.3 is 0 Å². The van der Waals surface area contributed by atoms with Crippen LogP contribution in [0.5, 0.6) is 0 Å². The highest BCUT2D eigenvalue weighted by Gasteiger charge is 2.20. The average Bonchev–Trinajstić information content (AvgIpc) is 3.08. The summed E-state index contributed by atoms with van der Waals surface area (Å²) in [5.41, 5.74) is 0. The van der Waals surface area contributed by atoms with Gasteiger partial charge in [0.2, 0.25) is 0 Å². The Morgan fingerprint density at radius 1 is 1.24 bits per heavy atom. The van der Waals surface area contributed by atoms with E-state index in [1.54, 1.807) is 0 Å². The molecule has 0 unspecified atom stereocenters. The molecule has 3 nitrogen and oxygen atoms in total. The fraction of sp³-hybridized carbons (Fsp3) is 0.929. The first-order valence-corrected chi connectivity index (χ1v) is 7.24. The minimum Gasteiger partial charge on any atom is -0.357 e. The van der Waals surface area contributed by atoms with Crippen molar-refractivity contribution in [2.24, 2.45) is 16.8 Å². The van der Waals surface area contributed by atoms with Crippen molar-refractivity contribution in [2.45, 2.75) is 52.9 Å². The van der Waals surface area contributed by atoms with Gasteiger partial charge in [0.1, 0.15) is 0 Å². The van der Waals surface area contributed by atoms with E-state index in [1.165, 1.54) is 32.1 Å². The predicted octanol–water partition coefficient (Wildman–Crippen LogP) is 2.78. The molecule has 1 aliphatic rings. The van der Waals surface area contributed by atoms with Crippen LogP contribution in [0.4, 0.5) is 0 Å². The third-order valence-corrected chi connectivity index (χ3v) is 3.05. The number of nitrogens with one attached hydrogen (secondary N) is 2. The van der Waals surface area contributed by atoms with Gasteiger partial charge in [-0.3, -0.25) is 4.99 Å². The molecule has 0 amide bonds. The van der Waals surface area contributed by atoms with Gasteiger partial charge in [-0.25, -0.2) is 0 Å². The van der Waals surface area contributed by atoms with Gasteiger partial charge < -0.3 is 10.6 Å². The maximum absolute atomic E-state index is 4.60. The second-order valence-electron chi connectivity index (χ2n) is 5.48. The molecule has 0 aliphatic heterocycles. The largest absolute Gasteiger partial charge is 0.357 e. The van der Waals surface area contributed by atoms with Crippen molar-refractivity contribution in [2.75, 3.05) is 19.6 Å². The molecular weight excluding hydrogens is 210 g/mol. The SMILES string of the molecule is CCNC(=NCC1CC1)NCCCCC(C)C. The van der Waals surface area contributed by atoms with Gasteiger partial charge in [-0.05, 0) is 38.0 Å². The van der Waals surface area contributed by atoms with Gasteiger partial charge in [0.15, 0.2) is 5.96 Å². The number of guanidine groups is 1. The molecule has 0 spiro atoms. The first-order chi connectivity index (χ1) is 8.22. The minimum absolute atomic E-state index is 0.826. The van der Waals surface area contributed by atoms with Crippen LogP contribution in [0.25, 0.3) is 0 Å². The number of hydrogen-bond donors (Lipinski definition) is 2. The van der Waals surface area contributed by atoms with E-state index in [9.17, 15) is 0 Å². The maximum atomic E-state index is 4.60. The van der Waals surface area contributed by atoms with E-state index in [1.807, 2.05) is 0 Å². The van der Waals surface area contributed by atoms with Crippen LogP contribution in [0.3, 0.4) is 0 Å². The highest BCUT2D eigenvalue weighted by atomic mass is 15.2. The van der Waals surface area contributed by atoms with Crippen LogP contribution < -0.4 is 10.6 Å². The van der Waals surface area contributed by atoms with E-state index in [-0.39, 0.29) is 0 Å². The summed E-state index contributed by atoms with van der Waals surface area (Å²) < 4.78 is 0. The Hall–Kier alpha value is -0.730. The fourth-order valence-electron chi connectivity index (χ4n) is 1.75. The van der Waals surface area contributed by atoms with Crippen LogP contribution in [0.2, 0.25) is 0 Å². The van der Waals surface area contributed by atoms with Crippen molar-refractivity contribution in [3.05, 3.63) is 0 Å². The van der Waals surface area contributed by atoms with Gasteiger partial charge in [0.25, 0.3) is 0 Å². The molecule has 0 bridgehead atoms. The lowest BCUT2D eigenvalue weighted by Crippen LogP contribution is -2.38. The minimum atomic E-state index is 0.826. The van der Waals surface area contributed by atoms with Crippen molar-refractivity contribution in [1.29, 1.82) is 0 Å². The van der Waals surface area contributed by atoms with Crippen LogP contribution in [0.1, 0.15) is 52.9 Å². The standard InChI is InChI=1S/C14H29N3/c1-4-15-14(17-11-13-8-9-13)16-10-6-5-7-12(2)3/h12-13H,4-11H2,1-3H3,(H2,15,16,17). The molecule has 100 valence electrons. The Labute approximate surface area is 106 Å². The van der Waals surface area contributed by atoms with Crippen LogP contribution in [-0.4, -0.2) is 25.6 Å². The van der Waals surface area contributed by atoms with E-state index in [2.05, 4.69) is 36.4 Å². The highest BCUT2D eigenvalue weighted by Crippen LogP contribution is 2.28. The molecule has 1 saturated carbocycles. The number of hydrogen-bond acceptors (Lipinski definition) is 1. The van der Waals surface area contributed by atoms with E-state index in [0.29, 0.717) is 0 Å². The molecule has 0 aromatic heterocycles. The molecule has 1 fully saturated rings. The van der Waals surface area contributed by atoms with E-state index in [0.717, 1.165) is 37.4 Å². The molecule has 0 atom stereocenters. The summed E-state index contributed by atoms with van der Waals surface area (Å²) in [6.45, 7) is 9.68. The molecule has 1 rings (SSSR count). The fourth-order valence-corrected chi connectivity index (χ4v) is 1.75. The lowest BCUT2D eigenvalue weighted by atomic mass is 10.1. The third kappa shape index (κ3) is 8.06. The van der Waals surface area contributed by atoms with Crippen molar-refractivity contribution < 1.29 is 0 Å². The molecule has 0 radical (unpaired) electrons. The van der Waals surface area contributed by atoms with Gasteiger partial charge in [-0.15, -0.1) is 0 Å². The highest BCUT2D eigenvalue weighted by molar-refractivity contribution is 5.79. The Balaban J connectivity index is 2.08. The Morgan fingerprint density at radius 2 is 2.00 bits per heavy atom. The predicted molar refractivity (Wildman–Crippen MR) is 75.4 cm³/mol. The average molecular weight is 239 g/mol. The van der Waals surface area contributed by atoms with Gasteiger partial charge in [0, 0.05) is 19.6 Å². The van der Waals surface area contributed by atoms with Crippen molar-refractivity contribution in [3.8, 4) is 0 Å². The van der Waals surface area contributed by atoms with Crippen LogP contribution in [0.15, 0.2) is 4.99 Å². The topological polar surface area (TPSA) is 36.4 Å². The summed E-state index contributed by atoms with van der Waals surface area (Å²) >= 11 is 0. The molecule has 0 saturated heterocycles. The van der Waals surface area contributed by atoms with Gasteiger partial charge in [-0.1, -0.05) is 26.7 Å². The summed E-state index contributed by atoms with van der Waals surface area (Å²) in [6, 6.07) is 0. The quantitative estimate of drug-likeness (QED) is 0.388. The van der Waals surface area contributed by atoms with Gasteiger partial charge in [-0.2, -0.15) is 0 Å². The number of rotatable bonds is 8. The first kappa shape index (κ1) is 14.3. The van der Waals surface area contributed by atoms with Crippen molar-refractivity contribution in [3.63, 3.8) is 0 Å². The smallest absolute Gasteiger partial charge is 0.191 e. The Morgan fingerprint density at radius 3 is 2.59 bits per heavy atom. The zero-order valence-corrected chi connectivity index (χ0v) is 11.8. The van der Waals surface area contributed by atoms with E-state index in [4.69, 9.17) is 0 Å². The lowest BCUT2D eigenvalue weighted by Gasteiger charge is -2.11. The number of unbranched alkanes of at least 4 members (excludes halogenated alkanes) is 1. The Kier molecular flexibility index (Phi) is 7.06. The number of nitrogens with zero attached hydrogens (tertiary/aromatic N) is 1. The first-order valence-electron chi connectivity index (χ1n) is 7.24. The summed E-state index contributed by atoms with van der Waals surface area (Å²) in [6.07, 6.45) is 6.63. The molecular formula is C14H29N3. The summed E-state index contributed by atoms with van der Waals surface area (Å²) in [7, 11) is 0. The summed E-state index contributed by atoms with van der Waals surface area (Å²) in [5.74, 6) is 2.70. The van der Waals surface area contributed by atoms with Gasteiger partial charge in [0.05, 0.1) is 0 Å². The maximum Gasteiger partial charge on any atom is 0.191 e. The monoisotopic (exact) mass is 239 g/mol. The Bertz CT molecular complexity index is 220. The molecule has 0 aromatic rings. The van der Waals surface area contributed by atoms with E-state index >= 15 is 0 Å². The normalized spacial score (nSPS) is 16.4. The molecule has 0 aromatic carbocycles. The zero-order valence-electron chi connectivity index (χ0n) is 11.8. The van der Waals surface area contributed by atoms with Crippen molar-refractivity contribution >= 4 is 5.96 Å². The zero-order chi connectivity index (χ0) is 12.5. The van der Waals surface area contributed by atoms with Crippen LogP contribution in [0, 0.1) is 11.8 Å². The second kappa shape index (κ2) is 8.37. The molecule has 2 N–H and O–H groups in total. The molecule has 1 aliphatic carbocycles. The molecule has 3 heteroatoms. The number of aliphatic imine (C=N–C) groups is 1. The molecule has 17 heavy (non-hydrogen) atoms. The van der Waals surface area contributed by atoms with E-state index < -0.39 is 0 Å². The summed E-state index contributed by atoms with van der Waals surface area (Å²) in [4.78, 5) is 4.60. The van der Waals surface area contributed by atoms with Crippen LogP contribution >= 0.6 is 0 Å². The van der Waals surface area contributed by atoms with Crippen molar-refractivity contribution in [1.82, 2.24) is 10.6 Å². The lowest BCUT2D eigenvalue weighted by molar-refractivity contribution is 0.534. The third-order valence-electron chi connectivity index (χ3n) is 3.05.